The zero-order chi connectivity index (χ0) is 24.5. The molecule has 0 amide bonds. The third-order valence-corrected chi connectivity index (χ3v) is 5.84. The monoisotopic (exact) mass is 466 g/mol. The number of aromatic hydroxyl groups is 1. The highest BCUT2D eigenvalue weighted by molar-refractivity contribution is 5.78. The maximum absolute atomic E-state index is 13.0. The fourth-order valence-electron chi connectivity index (χ4n) is 3.76. The van der Waals surface area contributed by atoms with Gasteiger partial charge in [-0.15, -0.1) is 20.4 Å². The number of phenolic OH excluding ortho intramolecular Hbond substituents is 1. The van der Waals surface area contributed by atoms with E-state index in [0.29, 0.717) is 22.8 Å². The summed E-state index contributed by atoms with van der Waals surface area (Å²) in [5.74, 6) is 0.398. The highest BCUT2D eigenvalue weighted by atomic mass is 16.3. The normalized spacial score (nSPS) is 11.4. The van der Waals surface area contributed by atoms with Gasteiger partial charge in [0.1, 0.15) is 5.69 Å². The molecule has 5 aromatic rings. The van der Waals surface area contributed by atoms with Crippen LogP contribution in [0.25, 0.3) is 28.2 Å². The summed E-state index contributed by atoms with van der Waals surface area (Å²) in [5.41, 5.74) is 5.65. The number of rotatable bonds is 5. The lowest BCUT2D eigenvalue weighted by molar-refractivity contribution is 0.478. The molecule has 0 spiro atoms. The van der Waals surface area contributed by atoms with E-state index in [1.165, 1.54) is 4.68 Å². The number of aryl methyl sites for hydroxylation is 3. The number of H-pyrrole nitrogens is 2. The van der Waals surface area contributed by atoms with E-state index < -0.39 is 0 Å². The van der Waals surface area contributed by atoms with Crippen molar-refractivity contribution in [1.82, 2.24) is 30.4 Å². The predicted octanol–water partition coefficient (Wildman–Crippen LogP) is 5.06. The fraction of sp³-hybridized carbons (Fsp3) is 0.120. The Labute approximate surface area is 200 Å². The Hall–Kier alpha value is -4.86. The van der Waals surface area contributed by atoms with Gasteiger partial charge in [0.15, 0.2) is 11.4 Å². The number of phenols is 1. The lowest BCUT2D eigenvalue weighted by Gasteiger charge is -2.07. The molecule has 2 heterocycles. The van der Waals surface area contributed by atoms with Crippen LogP contribution in [0, 0.1) is 20.8 Å². The maximum Gasteiger partial charge on any atom is 0.299 e. The molecule has 3 aromatic carbocycles. The molecule has 10 heteroatoms. The molecule has 0 bridgehead atoms. The lowest BCUT2D eigenvalue weighted by Crippen LogP contribution is -2.14. The first-order valence-electron chi connectivity index (χ1n) is 10.9. The van der Waals surface area contributed by atoms with Gasteiger partial charge in [0.25, 0.3) is 5.56 Å². The molecule has 0 unspecified atom stereocenters. The quantitative estimate of drug-likeness (QED) is 0.311. The Balaban J connectivity index is 1.49. The number of azo groups is 1. The van der Waals surface area contributed by atoms with Crippen LogP contribution in [0.2, 0.25) is 0 Å². The Kier molecular flexibility index (Phi) is 5.54. The number of aromatic nitrogens is 6. The number of aromatic amines is 2. The number of nitrogens with zero attached hydrogens (tertiary/aromatic N) is 6. The predicted molar refractivity (Wildman–Crippen MR) is 131 cm³/mol. The minimum atomic E-state index is -0.321. The van der Waals surface area contributed by atoms with Crippen molar-refractivity contribution in [3.63, 3.8) is 0 Å². The van der Waals surface area contributed by atoms with Gasteiger partial charge in [-0.25, -0.2) is 4.68 Å². The van der Waals surface area contributed by atoms with Crippen molar-refractivity contribution >= 4 is 11.4 Å². The zero-order valence-corrected chi connectivity index (χ0v) is 19.3. The molecular weight excluding hydrogens is 444 g/mol. The smallest absolute Gasteiger partial charge is 0.299 e. The van der Waals surface area contributed by atoms with E-state index in [0.717, 1.165) is 22.3 Å². The highest BCUT2D eigenvalue weighted by Gasteiger charge is 2.14. The summed E-state index contributed by atoms with van der Waals surface area (Å²) in [4.78, 5) is 13.0. The second kappa shape index (κ2) is 8.82. The van der Waals surface area contributed by atoms with Gasteiger partial charge in [-0.05, 0) is 66.9 Å². The van der Waals surface area contributed by atoms with E-state index in [9.17, 15) is 9.90 Å². The van der Waals surface area contributed by atoms with Crippen molar-refractivity contribution in [2.24, 2.45) is 10.2 Å². The van der Waals surface area contributed by atoms with Gasteiger partial charge in [-0.1, -0.05) is 36.4 Å². The second-order valence-electron chi connectivity index (χ2n) is 8.18. The van der Waals surface area contributed by atoms with Crippen LogP contribution in [-0.2, 0) is 0 Å². The standard InChI is InChI=1S/C25H22N8O2/c1-14-10-11-19(12-15(14)2)33-25(35)22(16(3)30-33)27-26-21-9-5-8-20(23(21)34)17-6-4-7-18(13-17)24-28-31-32-29-24/h4-13,30,34H,1-3H3,(H,28,29,31,32). The van der Waals surface area contributed by atoms with Crippen molar-refractivity contribution in [3.8, 4) is 34.0 Å². The molecule has 0 radical (unpaired) electrons. The number of tetrazole rings is 1. The van der Waals surface area contributed by atoms with Crippen LogP contribution in [0.1, 0.15) is 16.8 Å². The van der Waals surface area contributed by atoms with Crippen molar-refractivity contribution in [2.45, 2.75) is 20.8 Å². The van der Waals surface area contributed by atoms with Gasteiger partial charge in [0, 0.05) is 11.1 Å². The summed E-state index contributed by atoms with van der Waals surface area (Å²) in [6.07, 6.45) is 0. The first kappa shape index (κ1) is 22.0. The van der Waals surface area contributed by atoms with E-state index >= 15 is 0 Å². The summed E-state index contributed by atoms with van der Waals surface area (Å²) in [6, 6.07) is 18.3. The fourth-order valence-corrected chi connectivity index (χ4v) is 3.76. The van der Waals surface area contributed by atoms with Crippen LogP contribution in [0.5, 0.6) is 5.75 Å². The first-order chi connectivity index (χ1) is 16.9. The Morgan fingerprint density at radius 2 is 1.71 bits per heavy atom. The minimum Gasteiger partial charge on any atom is -0.505 e. The van der Waals surface area contributed by atoms with E-state index in [1.807, 2.05) is 56.3 Å². The average Bonchev–Trinajstić information content (AvgIpc) is 3.49. The molecular formula is C25H22N8O2. The van der Waals surface area contributed by atoms with Crippen molar-refractivity contribution < 1.29 is 5.11 Å². The van der Waals surface area contributed by atoms with Crippen molar-refractivity contribution in [2.75, 3.05) is 0 Å². The molecule has 0 aliphatic heterocycles. The summed E-state index contributed by atoms with van der Waals surface area (Å²) in [5, 5.41) is 36.4. The number of para-hydroxylation sites is 1. The van der Waals surface area contributed by atoms with E-state index in [-0.39, 0.29) is 22.7 Å². The Bertz CT molecular complexity index is 1610. The Morgan fingerprint density at radius 1 is 0.914 bits per heavy atom. The van der Waals surface area contributed by atoms with Crippen LogP contribution in [0.3, 0.4) is 0 Å². The molecule has 0 aliphatic rings. The highest BCUT2D eigenvalue weighted by Crippen LogP contribution is 2.38. The topological polar surface area (TPSA) is 137 Å². The first-order valence-corrected chi connectivity index (χ1v) is 10.9. The molecule has 0 saturated carbocycles. The SMILES string of the molecule is Cc1ccc(-n2[nH]c(C)c(N=Nc3cccc(-c4cccc(-c5nn[nH]n5)c4)c3O)c2=O)cc1C. The molecule has 5 rings (SSSR count). The minimum absolute atomic E-state index is 0.0517. The molecule has 0 fully saturated rings. The molecule has 0 saturated heterocycles. The van der Waals surface area contributed by atoms with Crippen LogP contribution < -0.4 is 5.56 Å². The van der Waals surface area contributed by atoms with Gasteiger partial charge in [0.2, 0.25) is 5.82 Å². The number of hydrogen-bond acceptors (Lipinski definition) is 7. The number of benzene rings is 3. The van der Waals surface area contributed by atoms with Gasteiger partial charge >= 0.3 is 0 Å². The number of hydrogen-bond donors (Lipinski definition) is 3. The summed E-state index contributed by atoms with van der Waals surface area (Å²) >= 11 is 0. The zero-order valence-electron chi connectivity index (χ0n) is 19.3. The van der Waals surface area contributed by atoms with Crippen molar-refractivity contribution in [3.05, 3.63) is 87.8 Å². The number of nitrogens with one attached hydrogen (secondary N) is 2. The van der Waals surface area contributed by atoms with E-state index in [1.54, 1.807) is 25.1 Å². The molecule has 35 heavy (non-hydrogen) atoms. The molecule has 10 nitrogen and oxygen atoms in total. The summed E-state index contributed by atoms with van der Waals surface area (Å²) < 4.78 is 1.44. The van der Waals surface area contributed by atoms with Crippen LogP contribution in [0.4, 0.5) is 11.4 Å². The molecule has 0 aliphatic carbocycles. The second-order valence-corrected chi connectivity index (χ2v) is 8.18. The Morgan fingerprint density at radius 3 is 2.49 bits per heavy atom. The van der Waals surface area contributed by atoms with Gasteiger partial charge in [0.05, 0.1) is 11.4 Å². The van der Waals surface area contributed by atoms with Crippen molar-refractivity contribution in [1.29, 1.82) is 0 Å². The maximum atomic E-state index is 13.0. The molecule has 3 N–H and O–H groups in total. The van der Waals surface area contributed by atoms with Crippen LogP contribution in [-0.4, -0.2) is 35.5 Å². The van der Waals surface area contributed by atoms with Gasteiger partial charge in [-0.3, -0.25) is 9.89 Å². The van der Waals surface area contributed by atoms with E-state index in [2.05, 4.69) is 36.0 Å². The molecule has 0 atom stereocenters. The van der Waals surface area contributed by atoms with Gasteiger partial charge in [-0.2, -0.15) is 5.21 Å². The third kappa shape index (κ3) is 4.12. The van der Waals surface area contributed by atoms with Gasteiger partial charge < -0.3 is 5.11 Å². The van der Waals surface area contributed by atoms with Crippen LogP contribution >= 0.6 is 0 Å². The van der Waals surface area contributed by atoms with E-state index in [4.69, 9.17) is 0 Å². The summed E-state index contributed by atoms with van der Waals surface area (Å²) in [6.45, 7) is 5.77. The molecule has 2 aromatic heterocycles. The third-order valence-electron chi connectivity index (χ3n) is 5.84. The van der Waals surface area contributed by atoms with Crippen LogP contribution in [0.15, 0.2) is 75.7 Å². The largest absolute Gasteiger partial charge is 0.505 e. The average molecular weight is 467 g/mol. The molecule has 174 valence electrons. The summed E-state index contributed by atoms with van der Waals surface area (Å²) in [7, 11) is 0. The lowest BCUT2D eigenvalue weighted by atomic mass is 10.0.